The van der Waals surface area contributed by atoms with E-state index in [-0.39, 0.29) is 5.91 Å². The van der Waals surface area contributed by atoms with E-state index in [1.165, 1.54) is 9.75 Å². The number of carbonyl (C=O) groups is 1. The van der Waals surface area contributed by atoms with Crippen LogP contribution < -0.4 is 0 Å². The summed E-state index contributed by atoms with van der Waals surface area (Å²) in [6.45, 7) is 8.13. The molecule has 0 spiro atoms. The monoisotopic (exact) mass is 443 g/mol. The Bertz CT molecular complexity index is 1000. The molecule has 1 aliphatic rings. The van der Waals surface area contributed by atoms with Gasteiger partial charge in [-0.05, 0) is 50.1 Å². The van der Waals surface area contributed by atoms with Gasteiger partial charge in [-0.25, -0.2) is 0 Å². The van der Waals surface area contributed by atoms with Crippen LogP contribution in [0.3, 0.4) is 0 Å². The summed E-state index contributed by atoms with van der Waals surface area (Å²) in [5.74, 6) is 1.03. The van der Waals surface area contributed by atoms with Gasteiger partial charge in [-0.15, -0.1) is 11.3 Å². The van der Waals surface area contributed by atoms with Gasteiger partial charge in [0.15, 0.2) is 0 Å². The highest BCUT2D eigenvalue weighted by atomic mass is 35.5. The van der Waals surface area contributed by atoms with Gasteiger partial charge in [0.25, 0.3) is 0 Å². The molecule has 30 heavy (non-hydrogen) atoms. The second-order valence-electron chi connectivity index (χ2n) is 7.74. The third kappa shape index (κ3) is 4.94. The molecule has 158 valence electrons. The van der Waals surface area contributed by atoms with E-state index in [9.17, 15) is 4.79 Å². The highest BCUT2D eigenvalue weighted by Gasteiger charge is 2.22. The van der Waals surface area contributed by atoms with E-state index < -0.39 is 0 Å². The lowest BCUT2D eigenvalue weighted by atomic mass is 10.1. The van der Waals surface area contributed by atoms with Crippen molar-refractivity contribution in [2.45, 2.75) is 33.2 Å². The second kappa shape index (κ2) is 9.33. The minimum atomic E-state index is 0.217. The summed E-state index contributed by atoms with van der Waals surface area (Å²) in [6, 6.07) is 12.3. The molecule has 0 radical (unpaired) electrons. The number of aromatic nitrogens is 1. The van der Waals surface area contributed by atoms with Crippen molar-refractivity contribution >= 4 is 28.8 Å². The van der Waals surface area contributed by atoms with Crippen LogP contribution in [0.2, 0.25) is 5.02 Å². The molecular formula is C23H26ClN3O2S. The quantitative estimate of drug-likeness (QED) is 0.540. The Morgan fingerprint density at radius 2 is 1.97 bits per heavy atom. The number of aryl methyl sites for hydroxylation is 2. The highest BCUT2D eigenvalue weighted by molar-refractivity contribution is 7.15. The Morgan fingerprint density at radius 3 is 2.67 bits per heavy atom. The summed E-state index contributed by atoms with van der Waals surface area (Å²) in [4.78, 5) is 19.6. The van der Waals surface area contributed by atoms with Crippen LogP contribution in [0.4, 0.5) is 0 Å². The third-order valence-electron chi connectivity index (χ3n) is 5.65. The van der Waals surface area contributed by atoms with Gasteiger partial charge in [-0.2, -0.15) is 0 Å². The number of thiophene rings is 1. The molecule has 4 rings (SSSR count). The largest absolute Gasteiger partial charge is 0.361 e. The smallest absolute Gasteiger partial charge is 0.222 e. The lowest BCUT2D eigenvalue weighted by Gasteiger charge is -2.34. The van der Waals surface area contributed by atoms with Crippen molar-refractivity contribution in [1.82, 2.24) is 15.0 Å². The number of benzene rings is 1. The van der Waals surface area contributed by atoms with Crippen LogP contribution in [0, 0.1) is 13.8 Å². The number of halogens is 1. The molecular weight excluding hydrogens is 418 g/mol. The summed E-state index contributed by atoms with van der Waals surface area (Å²) in [6.07, 6.45) is 1.21. The average Bonchev–Trinajstić information content (AvgIpc) is 3.33. The molecule has 0 N–H and O–H groups in total. The summed E-state index contributed by atoms with van der Waals surface area (Å²) in [5, 5.41) is 4.73. The fourth-order valence-electron chi connectivity index (χ4n) is 3.88. The molecule has 0 aliphatic carbocycles. The van der Waals surface area contributed by atoms with Crippen molar-refractivity contribution < 1.29 is 9.32 Å². The topological polar surface area (TPSA) is 49.6 Å². The van der Waals surface area contributed by atoms with E-state index in [0.717, 1.165) is 60.3 Å². The van der Waals surface area contributed by atoms with Crippen LogP contribution in [0.15, 0.2) is 40.9 Å². The van der Waals surface area contributed by atoms with Gasteiger partial charge in [0.1, 0.15) is 5.76 Å². The minimum absolute atomic E-state index is 0.217. The Hall–Kier alpha value is -2.15. The first kappa shape index (κ1) is 21.1. The van der Waals surface area contributed by atoms with Gasteiger partial charge in [-0.1, -0.05) is 28.9 Å². The molecule has 1 amide bonds. The number of piperazine rings is 1. The highest BCUT2D eigenvalue weighted by Crippen LogP contribution is 2.30. The van der Waals surface area contributed by atoms with E-state index in [2.05, 4.69) is 28.3 Å². The maximum atomic E-state index is 12.6. The van der Waals surface area contributed by atoms with Gasteiger partial charge >= 0.3 is 0 Å². The zero-order valence-corrected chi connectivity index (χ0v) is 18.9. The van der Waals surface area contributed by atoms with Crippen molar-refractivity contribution in [3.05, 3.63) is 63.3 Å². The molecule has 1 aromatic carbocycles. The summed E-state index contributed by atoms with van der Waals surface area (Å²) < 4.78 is 5.19. The number of nitrogens with zero attached hydrogens (tertiary/aromatic N) is 3. The Labute approximate surface area is 186 Å². The van der Waals surface area contributed by atoms with Crippen LogP contribution in [-0.2, 0) is 17.8 Å². The number of hydrogen-bond donors (Lipinski definition) is 0. The van der Waals surface area contributed by atoms with E-state index in [1.807, 2.05) is 48.3 Å². The zero-order chi connectivity index (χ0) is 21.1. The van der Waals surface area contributed by atoms with Crippen molar-refractivity contribution in [1.29, 1.82) is 0 Å². The Balaban J connectivity index is 1.26. The summed E-state index contributed by atoms with van der Waals surface area (Å²) in [5.41, 5.74) is 3.11. The molecule has 1 fully saturated rings. The van der Waals surface area contributed by atoms with E-state index >= 15 is 0 Å². The maximum absolute atomic E-state index is 12.6. The van der Waals surface area contributed by atoms with E-state index in [0.29, 0.717) is 12.8 Å². The predicted octanol–water partition coefficient (Wildman–Crippen LogP) is 4.95. The second-order valence-corrected chi connectivity index (χ2v) is 9.34. The lowest BCUT2D eigenvalue weighted by Crippen LogP contribution is -2.48. The zero-order valence-electron chi connectivity index (χ0n) is 17.4. The van der Waals surface area contributed by atoms with Crippen molar-refractivity contribution in [3.8, 4) is 10.4 Å². The van der Waals surface area contributed by atoms with E-state index in [4.69, 9.17) is 16.1 Å². The molecule has 0 bridgehead atoms. The van der Waals surface area contributed by atoms with Gasteiger partial charge in [0, 0.05) is 59.5 Å². The van der Waals surface area contributed by atoms with Gasteiger partial charge in [0.05, 0.1) is 5.69 Å². The van der Waals surface area contributed by atoms with Crippen LogP contribution in [0.5, 0.6) is 0 Å². The van der Waals surface area contributed by atoms with Crippen molar-refractivity contribution in [2.24, 2.45) is 0 Å². The van der Waals surface area contributed by atoms with Crippen LogP contribution in [0.1, 0.15) is 28.3 Å². The molecule has 3 aromatic rings. The molecule has 1 saturated heterocycles. The Morgan fingerprint density at radius 1 is 1.17 bits per heavy atom. The normalized spacial score (nSPS) is 15.0. The van der Waals surface area contributed by atoms with E-state index in [1.54, 1.807) is 0 Å². The standard InChI is InChI=1S/C23H26ClN3O2S/c1-16-21(17(2)29-25-16)7-9-23(28)27-12-10-26(11-13-27)15-20-6-8-22(30-20)18-4-3-5-19(24)14-18/h3-6,8,14H,7,9-13,15H2,1-2H3. The molecule has 2 aromatic heterocycles. The molecule has 1 aliphatic heterocycles. The van der Waals surface area contributed by atoms with Gasteiger partial charge < -0.3 is 9.42 Å². The summed E-state index contributed by atoms with van der Waals surface area (Å²) >= 11 is 7.93. The first-order chi connectivity index (χ1) is 14.5. The van der Waals surface area contributed by atoms with Crippen LogP contribution in [-0.4, -0.2) is 47.0 Å². The lowest BCUT2D eigenvalue weighted by molar-refractivity contribution is -0.132. The fraction of sp³-hybridized carbons (Fsp3) is 0.391. The minimum Gasteiger partial charge on any atom is -0.361 e. The molecule has 5 nitrogen and oxygen atoms in total. The summed E-state index contributed by atoms with van der Waals surface area (Å²) in [7, 11) is 0. The molecule has 3 heterocycles. The van der Waals surface area contributed by atoms with Crippen molar-refractivity contribution in [2.75, 3.05) is 26.2 Å². The first-order valence-electron chi connectivity index (χ1n) is 10.3. The molecule has 0 unspecified atom stereocenters. The average molecular weight is 444 g/mol. The van der Waals surface area contributed by atoms with Gasteiger partial charge in [0.2, 0.25) is 5.91 Å². The molecule has 0 saturated carbocycles. The number of carbonyl (C=O) groups excluding carboxylic acids is 1. The maximum Gasteiger partial charge on any atom is 0.222 e. The van der Waals surface area contributed by atoms with Gasteiger partial charge in [-0.3, -0.25) is 9.69 Å². The molecule has 0 atom stereocenters. The number of amides is 1. The third-order valence-corrected chi connectivity index (χ3v) is 7.00. The van der Waals surface area contributed by atoms with Crippen LogP contribution >= 0.6 is 22.9 Å². The number of rotatable bonds is 6. The predicted molar refractivity (Wildman–Crippen MR) is 121 cm³/mol. The fourth-order valence-corrected chi connectivity index (χ4v) is 5.12. The number of hydrogen-bond acceptors (Lipinski definition) is 5. The van der Waals surface area contributed by atoms with Crippen LogP contribution in [0.25, 0.3) is 10.4 Å². The first-order valence-corrected chi connectivity index (χ1v) is 11.5. The molecule has 7 heteroatoms. The SMILES string of the molecule is Cc1noc(C)c1CCC(=O)N1CCN(Cc2ccc(-c3cccc(Cl)c3)s2)CC1. The Kier molecular flexibility index (Phi) is 6.56. The van der Waals surface area contributed by atoms with Crippen molar-refractivity contribution in [3.63, 3.8) is 0 Å².